The Kier molecular flexibility index (Phi) is 21.8. The van der Waals surface area contributed by atoms with Gasteiger partial charge in [0.2, 0.25) is 17.8 Å². The summed E-state index contributed by atoms with van der Waals surface area (Å²) in [6.07, 6.45) is 5.63. The number of hydrogen-bond donors (Lipinski definition) is 0. The van der Waals surface area contributed by atoms with Gasteiger partial charge in [0.05, 0.1) is 50.2 Å². The molecular formula is C132H87N9. The van der Waals surface area contributed by atoms with Crippen LogP contribution in [0.15, 0.2) is 528 Å². The fourth-order valence-corrected chi connectivity index (χ4v) is 20.3. The molecule has 0 bridgehead atoms. The van der Waals surface area contributed by atoms with Crippen LogP contribution in [0.25, 0.3) is 249 Å². The zero-order chi connectivity index (χ0) is 93.5. The monoisotopic (exact) mass is 1800 g/mol. The molecule has 9 heteroatoms. The van der Waals surface area contributed by atoms with Crippen LogP contribution in [0.5, 0.6) is 0 Å². The maximum Gasteiger partial charge on any atom is 0.235 e. The van der Waals surface area contributed by atoms with Gasteiger partial charge in [-0.3, -0.25) is 13.7 Å². The van der Waals surface area contributed by atoms with E-state index in [9.17, 15) is 0 Å². The summed E-state index contributed by atoms with van der Waals surface area (Å²) in [7, 11) is 0. The lowest BCUT2D eigenvalue weighted by Gasteiger charge is -2.13. The highest BCUT2D eigenvalue weighted by Gasteiger charge is 2.24. The molecule has 27 rings (SSSR count). The first-order valence-electron chi connectivity index (χ1n) is 47.7. The van der Waals surface area contributed by atoms with Gasteiger partial charge in [-0.2, -0.15) is 0 Å². The van der Waals surface area contributed by atoms with Crippen molar-refractivity contribution in [1.29, 1.82) is 0 Å². The van der Waals surface area contributed by atoms with Crippen molar-refractivity contribution in [3.8, 4) is 152 Å². The molecule has 6 aromatic heterocycles. The molecule has 0 N–H and O–H groups in total. The third kappa shape index (κ3) is 16.1. The van der Waals surface area contributed by atoms with Crippen molar-refractivity contribution in [3.63, 3.8) is 0 Å². The second-order valence-electron chi connectivity index (χ2n) is 35.7. The molecule has 0 unspecified atom stereocenters. The van der Waals surface area contributed by atoms with Gasteiger partial charge in [0.25, 0.3) is 0 Å². The molecule has 0 aliphatic carbocycles. The molecule has 0 fully saturated rings. The van der Waals surface area contributed by atoms with Crippen LogP contribution in [0.2, 0.25) is 0 Å². The van der Waals surface area contributed by atoms with Crippen molar-refractivity contribution < 1.29 is 0 Å². The molecule has 0 spiro atoms. The smallest absolute Gasteiger partial charge is 0.235 e. The highest BCUT2D eigenvalue weighted by atomic mass is 15.2. The van der Waals surface area contributed by atoms with Crippen molar-refractivity contribution in [1.82, 2.24) is 43.6 Å². The Morgan fingerprint density at radius 1 is 0.128 bits per heavy atom. The second-order valence-corrected chi connectivity index (χ2v) is 35.7. The van der Waals surface area contributed by atoms with E-state index in [-0.39, 0.29) is 0 Å². The third-order valence-corrected chi connectivity index (χ3v) is 27.2. The van der Waals surface area contributed by atoms with Gasteiger partial charge in [-0.05, 0) is 201 Å². The average Bonchev–Trinajstić information content (AvgIpc) is 1.58. The van der Waals surface area contributed by atoms with E-state index in [1.54, 1.807) is 0 Å². The summed E-state index contributed by atoms with van der Waals surface area (Å²) < 4.78 is 6.65. The van der Waals surface area contributed by atoms with Gasteiger partial charge in [0.1, 0.15) is 0 Å². The van der Waals surface area contributed by atoms with Crippen molar-refractivity contribution in [2.75, 3.05) is 0 Å². The van der Waals surface area contributed by atoms with E-state index in [2.05, 4.69) is 499 Å². The Balaban J connectivity index is 0.000000111. The number of hydrogen-bond acceptors (Lipinski definition) is 6. The van der Waals surface area contributed by atoms with E-state index in [1.165, 1.54) is 131 Å². The molecule has 660 valence electrons. The lowest BCUT2D eigenvalue weighted by molar-refractivity contribution is 0.994. The maximum atomic E-state index is 5.27. The van der Waals surface area contributed by atoms with E-state index < -0.39 is 0 Å². The number of nitrogens with zero attached hydrogens (tertiary/aromatic N) is 9. The molecule has 6 heterocycles. The van der Waals surface area contributed by atoms with E-state index in [1.807, 2.05) is 42.9 Å². The van der Waals surface area contributed by atoms with E-state index in [0.717, 1.165) is 100 Å². The summed E-state index contributed by atoms with van der Waals surface area (Å²) in [5.41, 5.74) is 33.7. The van der Waals surface area contributed by atoms with Crippen molar-refractivity contribution >= 4 is 97.7 Å². The Morgan fingerprint density at radius 3 is 0.645 bits per heavy atom. The fraction of sp³-hybridized carbons (Fsp3) is 0. The number of rotatable bonds is 15. The van der Waals surface area contributed by atoms with Crippen LogP contribution in [0.3, 0.4) is 0 Å². The number of fused-ring (bicyclic) bond motifs is 15. The molecule has 141 heavy (non-hydrogen) atoms. The Hall–Kier alpha value is -19.0. The Bertz CT molecular complexity index is 9330. The van der Waals surface area contributed by atoms with Gasteiger partial charge in [0.15, 0.2) is 0 Å². The van der Waals surface area contributed by atoms with E-state index in [4.69, 9.17) is 29.9 Å². The second kappa shape index (κ2) is 36.7. The van der Waals surface area contributed by atoms with Crippen molar-refractivity contribution in [2.24, 2.45) is 0 Å². The summed E-state index contributed by atoms with van der Waals surface area (Å²) >= 11 is 0. The van der Waals surface area contributed by atoms with Gasteiger partial charge in [-0.15, -0.1) is 0 Å². The summed E-state index contributed by atoms with van der Waals surface area (Å²) in [5.74, 6) is 1.98. The normalized spacial score (nSPS) is 11.4. The van der Waals surface area contributed by atoms with Crippen LogP contribution in [-0.2, 0) is 0 Å². The molecule has 0 saturated heterocycles. The van der Waals surface area contributed by atoms with Gasteiger partial charge < -0.3 is 0 Å². The number of para-hydroxylation sites is 3. The topological polar surface area (TPSA) is 92.1 Å². The van der Waals surface area contributed by atoms with Crippen LogP contribution in [0, 0.1) is 0 Å². The minimum atomic E-state index is 0.656. The zero-order valence-electron chi connectivity index (χ0n) is 76.8. The first-order chi connectivity index (χ1) is 69.9. The molecular weight excluding hydrogens is 1710 g/mol. The number of aromatic nitrogens is 9. The highest BCUT2D eigenvalue weighted by molar-refractivity contribution is 6.21. The van der Waals surface area contributed by atoms with Crippen LogP contribution >= 0.6 is 0 Å². The summed E-state index contributed by atoms with van der Waals surface area (Å²) in [4.78, 5) is 30.2. The Labute approximate surface area is 815 Å². The van der Waals surface area contributed by atoms with Crippen molar-refractivity contribution in [2.45, 2.75) is 0 Å². The SMILES string of the molecule is c1ccc(-c2cc(-c3ccccc3)cc(-c3cccc(-c4ccnc(-n5c6ccccc6c6ccc7ccccc7c65)n4)c3)c2)cc1.c1ccc(-c2ccc(-c3cc(-c4ccccc4)cc(-c4ccnc(-n5c6ccccc6c6ccc7ccccc7c65)n4)c3)cc2)cc1.c1ccc(-c2ccc(-c3ccc(-c4cccc(-c5ccnc(-n6c7ccccc7c7ccc8ccccc8c76)n5)c4)cc3)cc2)cc1. The van der Waals surface area contributed by atoms with Gasteiger partial charge in [-0.1, -0.05) is 425 Å². The fourth-order valence-electron chi connectivity index (χ4n) is 20.3. The molecule has 21 aromatic carbocycles. The predicted molar refractivity (Wildman–Crippen MR) is 587 cm³/mol. The largest absolute Gasteiger partial charge is 0.277 e. The molecule has 27 aromatic rings. The zero-order valence-corrected chi connectivity index (χ0v) is 76.8. The average molecular weight is 1800 g/mol. The lowest BCUT2D eigenvalue weighted by Crippen LogP contribution is -2.02. The molecule has 0 amide bonds. The van der Waals surface area contributed by atoms with E-state index >= 15 is 0 Å². The predicted octanol–water partition coefficient (Wildman–Crippen LogP) is 34.2. The molecule has 0 saturated carbocycles. The quantitative estimate of drug-likeness (QED) is 0.102. The van der Waals surface area contributed by atoms with Crippen LogP contribution in [-0.4, -0.2) is 43.6 Å². The molecule has 9 nitrogen and oxygen atoms in total. The lowest BCUT2D eigenvalue weighted by atomic mass is 9.92. The first kappa shape index (κ1) is 83.8. The molecule has 0 radical (unpaired) electrons. The van der Waals surface area contributed by atoms with Gasteiger partial charge >= 0.3 is 0 Å². The van der Waals surface area contributed by atoms with E-state index in [0.29, 0.717) is 17.8 Å². The van der Waals surface area contributed by atoms with Crippen LogP contribution in [0.1, 0.15) is 0 Å². The highest BCUT2D eigenvalue weighted by Crippen LogP contribution is 2.44. The van der Waals surface area contributed by atoms with Crippen LogP contribution < -0.4 is 0 Å². The van der Waals surface area contributed by atoms with Crippen molar-refractivity contribution in [3.05, 3.63) is 528 Å². The van der Waals surface area contributed by atoms with Gasteiger partial charge in [-0.25, -0.2) is 29.9 Å². The third-order valence-electron chi connectivity index (χ3n) is 27.2. The molecule has 0 aliphatic heterocycles. The maximum absolute atomic E-state index is 5.27. The molecule has 0 atom stereocenters. The summed E-state index contributed by atoms with van der Waals surface area (Å²) in [6, 6.07) is 181. The van der Waals surface area contributed by atoms with Gasteiger partial charge in [0, 0.05) is 83.8 Å². The Morgan fingerprint density at radius 2 is 0.333 bits per heavy atom. The van der Waals surface area contributed by atoms with Crippen LogP contribution in [0.4, 0.5) is 0 Å². The molecule has 0 aliphatic rings. The summed E-state index contributed by atoms with van der Waals surface area (Å²) in [6.45, 7) is 0. The minimum absolute atomic E-state index is 0.656. The standard InChI is InChI=1S/3C44H29N3/c1-3-12-30(13-4-1)35-27-36(31-14-5-2-6-15-31)29-37(28-35)33-17-11-18-34(26-33)41-24-25-45-44(46-41)47-42-21-10-9-20-39(42)40-23-22-32-16-7-8-19-38(32)43(40)47;1-3-11-30(12-4-1)32-19-21-33(22-20-32)36-27-35(31-13-5-2-6-14-31)28-37(29-36)41-25-26-45-44(46-41)47-42-18-10-9-17-39(42)40-24-23-34-15-7-8-16-38(34)43(40)47;1-2-9-30(10-3-1)31-17-19-32(20-18-31)33-21-23-34(24-22-33)36-12-8-13-37(29-36)41-27-28-45-44(46-41)47-42-16-7-6-15-39(42)40-26-25-35-11-4-5-14-38(35)43(40)47/h3*1-29H. The number of benzene rings is 21. The minimum Gasteiger partial charge on any atom is -0.277 e. The summed E-state index contributed by atoms with van der Waals surface area (Å²) in [5, 5.41) is 14.3. The first-order valence-corrected chi connectivity index (χ1v) is 47.7.